The molecule has 2 rings (SSSR count). The average molecular weight is 314 g/mol. The smallest absolute Gasteiger partial charge is 0.161 e. The number of aryl methyl sites for hydroxylation is 1. The molecule has 6 heteroatoms. The summed E-state index contributed by atoms with van der Waals surface area (Å²) in [6.07, 6.45) is 0.734. The lowest BCUT2D eigenvalue weighted by Crippen LogP contribution is -1.98. The molecule has 0 unspecified atom stereocenters. The number of nitrogens with zero attached hydrogens (tertiary/aromatic N) is 2. The number of aromatic nitrogens is 2. The van der Waals surface area contributed by atoms with Gasteiger partial charge in [-0.25, -0.2) is 4.98 Å². The molecule has 0 aromatic carbocycles. The summed E-state index contributed by atoms with van der Waals surface area (Å²) in [6.45, 7) is 7.15. The number of H-pyrrole nitrogens is 1. The van der Waals surface area contributed by atoms with Crippen molar-refractivity contribution in [2.75, 3.05) is 0 Å². The Morgan fingerprint density at radius 2 is 2.18 bits per heavy atom. The van der Waals surface area contributed by atoms with E-state index in [0.29, 0.717) is 16.3 Å². The predicted molar refractivity (Wildman–Crippen MR) is 88.4 cm³/mol. The highest BCUT2D eigenvalue weighted by Crippen LogP contribution is 2.31. The van der Waals surface area contributed by atoms with Crippen LogP contribution in [0.25, 0.3) is 17.0 Å². The number of Topliss-reactive ketones (excluding diaryl/α,β-unsaturated/α-hetero) is 1. The number of carbonyl (C=O) groups excluding carboxylic acids is 1. The Kier molecular flexibility index (Phi) is 4.48. The summed E-state index contributed by atoms with van der Waals surface area (Å²) in [5.74, 6) is 0.0442. The van der Waals surface area contributed by atoms with Crippen LogP contribution < -0.4 is 5.73 Å². The lowest BCUT2D eigenvalue weighted by Gasteiger charge is -2.01. The minimum atomic E-state index is 0.0442. The molecule has 0 radical (unpaired) electrons. The average Bonchev–Trinajstić information content (AvgIpc) is 3.03. The maximum Gasteiger partial charge on any atom is 0.161 e. The molecule has 114 valence electrons. The third kappa shape index (κ3) is 2.68. The van der Waals surface area contributed by atoms with E-state index >= 15 is 0 Å². The number of carbonyl (C=O) groups is 1. The van der Waals surface area contributed by atoms with Crippen molar-refractivity contribution in [1.82, 2.24) is 9.97 Å². The van der Waals surface area contributed by atoms with Gasteiger partial charge >= 0.3 is 0 Å². The molecular formula is C16H18N4OS. The minimum absolute atomic E-state index is 0.0442. The van der Waals surface area contributed by atoms with Crippen LogP contribution in [0, 0.1) is 18.3 Å². The second-order valence-corrected chi connectivity index (χ2v) is 5.95. The van der Waals surface area contributed by atoms with Crippen LogP contribution in [0.4, 0.5) is 0 Å². The molecule has 0 saturated carbocycles. The van der Waals surface area contributed by atoms with E-state index < -0.39 is 0 Å². The summed E-state index contributed by atoms with van der Waals surface area (Å²) >= 11 is 1.37. The summed E-state index contributed by atoms with van der Waals surface area (Å²) in [5, 5.41) is 11.7. The van der Waals surface area contributed by atoms with Gasteiger partial charge in [0.05, 0.1) is 11.4 Å². The van der Waals surface area contributed by atoms with Crippen LogP contribution in [-0.4, -0.2) is 15.8 Å². The summed E-state index contributed by atoms with van der Waals surface area (Å²) < 4.78 is 0. The first-order valence-corrected chi connectivity index (χ1v) is 7.83. The Bertz CT molecular complexity index is 801. The number of hydrogen-bond acceptors (Lipinski definition) is 5. The molecule has 3 N–H and O–H groups in total. The van der Waals surface area contributed by atoms with Crippen LogP contribution in [0.1, 0.15) is 47.4 Å². The van der Waals surface area contributed by atoms with Crippen LogP contribution in [0.15, 0.2) is 11.1 Å². The van der Waals surface area contributed by atoms with Crippen molar-refractivity contribution in [2.24, 2.45) is 5.73 Å². The lowest BCUT2D eigenvalue weighted by atomic mass is 10.0. The van der Waals surface area contributed by atoms with Crippen LogP contribution in [-0.2, 0) is 6.42 Å². The molecule has 0 bridgehead atoms. The van der Waals surface area contributed by atoms with Gasteiger partial charge in [0.2, 0.25) is 0 Å². The summed E-state index contributed by atoms with van der Waals surface area (Å²) in [5.41, 5.74) is 10.7. The third-order valence-electron chi connectivity index (χ3n) is 3.48. The highest BCUT2D eigenvalue weighted by Gasteiger charge is 2.20. The van der Waals surface area contributed by atoms with Gasteiger partial charge < -0.3 is 10.7 Å². The Morgan fingerprint density at radius 3 is 2.68 bits per heavy atom. The zero-order valence-corrected chi connectivity index (χ0v) is 13.9. The maximum absolute atomic E-state index is 11.8. The Hall–Kier alpha value is -2.39. The van der Waals surface area contributed by atoms with E-state index in [-0.39, 0.29) is 5.78 Å². The number of nitrogens with two attached hydrogens (primary N) is 1. The van der Waals surface area contributed by atoms with Gasteiger partial charge in [-0.3, -0.25) is 4.79 Å². The summed E-state index contributed by atoms with van der Waals surface area (Å²) in [6, 6.07) is 2.08. The Labute approximate surface area is 133 Å². The number of rotatable bonds is 4. The van der Waals surface area contributed by atoms with E-state index in [1.54, 1.807) is 13.8 Å². The first-order chi connectivity index (χ1) is 10.4. The van der Waals surface area contributed by atoms with Crippen molar-refractivity contribution >= 4 is 22.7 Å². The molecule has 2 aromatic rings. The highest BCUT2D eigenvalue weighted by molar-refractivity contribution is 7.11. The van der Waals surface area contributed by atoms with Crippen molar-refractivity contribution in [3.63, 3.8) is 0 Å². The Balaban J connectivity index is 2.58. The number of aromatic amines is 1. The molecule has 0 aliphatic rings. The fourth-order valence-corrected chi connectivity index (χ4v) is 3.40. The maximum atomic E-state index is 11.8. The fourth-order valence-electron chi connectivity index (χ4n) is 2.53. The second-order valence-electron chi connectivity index (χ2n) is 5.10. The van der Waals surface area contributed by atoms with Gasteiger partial charge in [-0.05, 0) is 32.8 Å². The molecule has 2 aromatic heterocycles. The van der Waals surface area contributed by atoms with Crippen LogP contribution >= 0.6 is 11.3 Å². The molecule has 0 atom stereocenters. The quantitative estimate of drug-likeness (QED) is 0.667. The number of allylic oxidation sites excluding steroid dienone is 2. The molecule has 2 heterocycles. The van der Waals surface area contributed by atoms with Crippen LogP contribution in [0.5, 0.6) is 0 Å². The van der Waals surface area contributed by atoms with Crippen molar-refractivity contribution in [3.05, 3.63) is 32.9 Å². The van der Waals surface area contributed by atoms with Crippen LogP contribution in [0.3, 0.4) is 0 Å². The van der Waals surface area contributed by atoms with Gasteiger partial charge in [-0.2, -0.15) is 5.26 Å². The lowest BCUT2D eigenvalue weighted by molar-refractivity contribution is 0.101. The third-order valence-corrected chi connectivity index (χ3v) is 4.34. The largest absolute Gasteiger partial charge is 0.401 e. The molecule has 22 heavy (non-hydrogen) atoms. The van der Waals surface area contributed by atoms with E-state index in [1.807, 2.05) is 19.2 Å². The zero-order valence-electron chi connectivity index (χ0n) is 13.1. The normalized spacial score (nSPS) is 12.0. The highest BCUT2D eigenvalue weighted by atomic mass is 32.1. The number of nitrogens with one attached hydrogen (secondary N) is 1. The zero-order chi connectivity index (χ0) is 16.4. The fraction of sp³-hybridized carbons (Fsp3) is 0.312. The van der Waals surface area contributed by atoms with Crippen molar-refractivity contribution in [3.8, 4) is 17.5 Å². The SMILES string of the molecule is CCc1c(-c2csc(/C(C#N)=C(/C)N)n2)[nH]c(C)c1C(C)=O. The monoisotopic (exact) mass is 314 g/mol. The number of ketones is 1. The standard InChI is InChI=1S/C16H18N4OS/c1-5-11-14(10(4)21)9(3)19-15(11)13-7-22-16(20-13)12(6-17)8(2)18/h7,19H,5,18H2,1-4H3/b12-8-. The van der Waals surface area contributed by atoms with Crippen molar-refractivity contribution < 1.29 is 4.79 Å². The summed E-state index contributed by atoms with van der Waals surface area (Å²) in [4.78, 5) is 19.6. The number of thiazole rings is 1. The van der Waals surface area contributed by atoms with E-state index in [1.165, 1.54) is 11.3 Å². The minimum Gasteiger partial charge on any atom is -0.401 e. The van der Waals surface area contributed by atoms with Gasteiger partial charge in [0.1, 0.15) is 16.6 Å². The van der Waals surface area contributed by atoms with E-state index in [4.69, 9.17) is 5.73 Å². The van der Waals surface area contributed by atoms with Gasteiger partial charge in [-0.15, -0.1) is 11.3 Å². The first-order valence-electron chi connectivity index (χ1n) is 6.95. The summed E-state index contributed by atoms with van der Waals surface area (Å²) in [7, 11) is 0. The predicted octanol–water partition coefficient (Wildman–Crippen LogP) is 3.42. The molecule has 0 spiro atoms. The van der Waals surface area contributed by atoms with E-state index in [2.05, 4.69) is 16.0 Å². The second kappa shape index (κ2) is 6.16. The van der Waals surface area contributed by atoms with Crippen LogP contribution in [0.2, 0.25) is 0 Å². The van der Waals surface area contributed by atoms with E-state index in [9.17, 15) is 10.1 Å². The van der Waals surface area contributed by atoms with Crippen molar-refractivity contribution in [1.29, 1.82) is 5.26 Å². The number of nitriles is 1. The van der Waals surface area contributed by atoms with E-state index in [0.717, 1.165) is 34.6 Å². The Morgan fingerprint density at radius 1 is 1.50 bits per heavy atom. The molecule has 0 fully saturated rings. The topological polar surface area (TPSA) is 95.6 Å². The molecule has 0 aliphatic heterocycles. The molecular weight excluding hydrogens is 296 g/mol. The molecule has 5 nitrogen and oxygen atoms in total. The van der Waals surface area contributed by atoms with Gasteiger partial charge in [0, 0.05) is 22.3 Å². The molecule has 0 amide bonds. The number of hydrogen-bond donors (Lipinski definition) is 2. The van der Waals surface area contributed by atoms with Gasteiger partial charge in [0.15, 0.2) is 5.78 Å². The molecule has 0 aliphatic carbocycles. The molecule has 0 saturated heterocycles. The first kappa shape index (κ1) is 16.0. The van der Waals surface area contributed by atoms with Crippen molar-refractivity contribution in [2.45, 2.75) is 34.1 Å². The van der Waals surface area contributed by atoms with Gasteiger partial charge in [-0.1, -0.05) is 6.92 Å². The van der Waals surface area contributed by atoms with Gasteiger partial charge in [0.25, 0.3) is 0 Å².